The van der Waals surface area contributed by atoms with Crippen molar-refractivity contribution in [3.63, 3.8) is 0 Å². The number of carbonyl (C=O) groups is 3. The zero-order chi connectivity index (χ0) is 23.8. The maximum atomic E-state index is 13.2. The van der Waals surface area contributed by atoms with Crippen molar-refractivity contribution < 1.29 is 23.9 Å². The molecule has 9 heteroatoms. The molecule has 0 spiro atoms. The van der Waals surface area contributed by atoms with Crippen molar-refractivity contribution in [1.29, 1.82) is 0 Å². The van der Waals surface area contributed by atoms with Gasteiger partial charge in [-0.05, 0) is 56.7 Å². The minimum atomic E-state index is -0.669. The van der Waals surface area contributed by atoms with Crippen LogP contribution in [0.4, 0.5) is 15.3 Å². The standard InChI is InChI=1S/C24H26N4O5/c1-24(2,3)33-23(31)28-20-13-18(8-7-17(20)14-25-28)26-12-11-21(29)27(22(26)30)15-16-5-9-19(32-4)10-6-16/h5-10,13-14H,11-12,15H2,1-4H3. The van der Waals surface area contributed by atoms with E-state index in [1.807, 2.05) is 12.1 Å². The van der Waals surface area contributed by atoms with E-state index in [4.69, 9.17) is 9.47 Å². The van der Waals surface area contributed by atoms with Gasteiger partial charge in [-0.15, -0.1) is 0 Å². The number of rotatable bonds is 4. The Balaban J connectivity index is 1.60. The van der Waals surface area contributed by atoms with Crippen molar-refractivity contribution in [1.82, 2.24) is 14.7 Å². The maximum absolute atomic E-state index is 13.2. The molecule has 4 rings (SSSR count). The molecule has 0 radical (unpaired) electrons. The van der Waals surface area contributed by atoms with Gasteiger partial charge in [0.25, 0.3) is 0 Å². The summed E-state index contributed by atoms with van der Waals surface area (Å²) in [6.07, 6.45) is 1.17. The lowest BCUT2D eigenvalue weighted by Gasteiger charge is -2.34. The molecule has 1 aromatic heterocycles. The highest BCUT2D eigenvalue weighted by atomic mass is 16.6. The van der Waals surface area contributed by atoms with Gasteiger partial charge in [-0.2, -0.15) is 9.78 Å². The Bertz CT molecular complexity index is 1210. The lowest BCUT2D eigenvalue weighted by Crippen LogP contribution is -2.52. The van der Waals surface area contributed by atoms with E-state index in [0.29, 0.717) is 17.0 Å². The van der Waals surface area contributed by atoms with Crippen molar-refractivity contribution in [3.8, 4) is 5.75 Å². The highest BCUT2D eigenvalue weighted by Crippen LogP contribution is 2.27. The maximum Gasteiger partial charge on any atom is 0.435 e. The number of imide groups is 1. The predicted octanol–water partition coefficient (Wildman–Crippen LogP) is 4.19. The molecule has 2 heterocycles. The molecule has 3 aromatic rings. The van der Waals surface area contributed by atoms with Gasteiger partial charge >= 0.3 is 12.1 Å². The Hall–Kier alpha value is -3.88. The largest absolute Gasteiger partial charge is 0.497 e. The lowest BCUT2D eigenvalue weighted by molar-refractivity contribution is -0.129. The van der Waals surface area contributed by atoms with Crippen LogP contribution in [0.25, 0.3) is 10.9 Å². The summed E-state index contributed by atoms with van der Waals surface area (Å²) in [5.41, 5.74) is 1.24. The van der Waals surface area contributed by atoms with E-state index in [1.165, 1.54) is 14.5 Å². The number of hydrogen-bond acceptors (Lipinski definition) is 6. The molecule has 9 nitrogen and oxygen atoms in total. The molecule has 0 N–H and O–H groups in total. The molecule has 1 aliphatic heterocycles. The van der Waals surface area contributed by atoms with Gasteiger partial charge in [0, 0.05) is 24.0 Å². The molecule has 0 unspecified atom stereocenters. The topological polar surface area (TPSA) is 94.0 Å². The zero-order valence-electron chi connectivity index (χ0n) is 19.1. The van der Waals surface area contributed by atoms with Crippen molar-refractivity contribution in [2.45, 2.75) is 39.3 Å². The first kappa shape index (κ1) is 22.3. The number of ether oxygens (including phenoxy) is 2. The molecule has 0 saturated carbocycles. The lowest BCUT2D eigenvalue weighted by atomic mass is 10.1. The van der Waals surface area contributed by atoms with Crippen LogP contribution in [0, 0.1) is 0 Å². The van der Waals surface area contributed by atoms with E-state index >= 15 is 0 Å². The third-order valence-corrected chi connectivity index (χ3v) is 5.24. The second-order valence-corrected chi connectivity index (χ2v) is 8.79. The number of benzene rings is 2. The van der Waals surface area contributed by atoms with Crippen LogP contribution < -0.4 is 9.64 Å². The van der Waals surface area contributed by atoms with E-state index in [2.05, 4.69) is 5.10 Å². The van der Waals surface area contributed by atoms with Gasteiger partial charge in [0.1, 0.15) is 11.4 Å². The van der Waals surface area contributed by atoms with E-state index in [0.717, 1.165) is 10.9 Å². The van der Waals surface area contributed by atoms with Crippen molar-refractivity contribution >= 4 is 34.6 Å². The van der Waals surface area contributed by atoms with Gasteiger partial charge in [0.15, 0.2) is 0 Å². The molecular formula is C24H26N4O5. The first-order valence-corrected chi connectivity index (χ1v) is 10.6. The summed E-state index contributed by atoms with van der Waals surface area (Å²) in [5.74, 6) is 0.471. The molecule has 1 aliphatic rings. The van der Waals surface area contributed by atoms with Crippen LogP contribution in [0.2, 0.25) is 0 Å². The van der Waals surface area contributed by atoms with E-state index < -0.39 is 17.7 Å². The van der Waals surface area contributed by atoms with Crippen molar-refractivity contribution in [2.75, 3.05) is 18.6 Å². The number of methoxy groups -OCH3 is 1. The van der Waals surface area contributed by atoms with Gasteiger partial charge in [0.2, 0.25) is 5.91 Å². The fourth-order valence-electron chi connectivity index (χ4n) is 3.62. The quantitative estimate of drug-likeness (QED) is 0.592. The molecule has 1 fully saturated rings. The summed E-state index contributed by atoms with van der Waals surface area (Å²) < 4.78 is 11.8. The molecule has 33 heavy (non-hydrogen) atoms. The first-order valence-electron chi connectivity index (χ1n) is 10.6. The van der Waals surface area contributed by atoms with Crippen LogP contribution in [0.1, 0.15) is 32.8 Å². The highest BCUT2D eigenvalue weighted by Gasteiger charge is 2.33. The van der Waals surface area contributed by atoms with E-state index in [-0.39, 0.29) is 25.4 Å². The monoisotopic (exact) mass is 450 g/mol. The average molecular weight is 450 g/mol. The fraction of sp³-hybridized carbons (Fsp3) is 0.333. The number of nitrogens with zero attached hydrogens (tertiary/aromatic N) is 4. The van der Waals surface area contributed by atoms with Crippen LogP contribution >= 0.6 is 0 Å². The van der Waals surface area contributed by atoms with Gasteiger partial charge in [-0.1, -0.05) is 12.1 Å². The SMILES string of the molecule is COc1ccc(CN2C(=O)CCN(c3ccc4cnn(C(=O)OC(C)(C)C)c4c3)C2=O)cc1. The molecule has 0 aliphatic carbocycles. The molecule has 0 bridgehead atoms. The Kier molecular flexibility index (Phi) is 5.80. The number of urea groups is 1. The first-order chi connectivity index (χ1) is 15.7. The van der Waals surface area contributed by atoms with Gasteiger partial charge in [-0.25, -0.2) is 9.59 Å². The minimum Gasteiger partial charge on any atom is -0.497 e. The van der Waals surface area contributed by atoms with Crippen LogP contribution in [0.3, 0.4) is 0 Å². The Morgan fingerprint density at radius 3 is 2.48 bits per heavy atom. The van der Waals surface area contributed by atoms with Crippen molar-refractivity contribution in [2.24, 2.45) is 0 Å². The molecule has 0 atom stereocenters. The van der Waals surface area contributed by atoms with Crippen LogP contribution in [-0.2, 0) is 16.1 Å². The zero-order valence-corrected chi connectivity index (χ0v) is 19.1. The van der Waals surface area contributed by atoms with Gasteiger partial charge < -0.3 is 9.47 Å². The number of aromatic nitrogens is 2. The smallest absolute Gasteiger partial charge is 0.435 e. The minimum absolute atomic E-state index is 0.163. The molecule has 2 aromatic carbocycles. The van der Waals surface area contributed by atoms with E-state index in [1.54, 1.807) is 64.4 Å². The van der Waals surface area contributed by atoms with Gasteiger partial charge in [-0.3, -0.25) is 14.6 Å². The third kappa shape index (κ3) is 4.67. The summed E-state index contributed by atoms with van der Waals surface area (Å²) in [6.45, 7) is 5.76. The molecule has 172 valence electrons. The number of anilines is 1. The summed E-state index contributed by atoms with van der Waals surface area (Å²) in [6, 6.07) is 12.1. The second kappa shape index (κ2) is 8.57. The summed E-state index contributed by atoms with van der Waals surface area (Å²) in [4.78, 5) is 41.1. The highest BCUT2D eigenvalue weighted by molar-refractivity contribution is 6.06. The van der Waals surface area contributed by atoms with Crippen LogP contribution in [-0.4, -0.2) is 52.0 Å². The summed E-state index contributed by atoms with van der Waals surface area (Å²) in [5, 5.41) is 4.88. The van der Waals surface area contributed by atoms with Crippen molar-refractivity contribution in [3.05, 3.63) is 54.2 Å². The summed E-state index contributed by atoms with van der Waals surface area (Å²) >= 11 is 0. The van der Waals surface area contributed by atoms with Crippen LogP contribution in [0.15, 0.2) is 48.7 Å². The fourth-order valence-corrected chi connectivity index (χ4v) is 3.62. The van der Waals surface area contributed by atoms with Gasteiger partial charge in [0.05, 0.1) is 25.4 Å². The molecular weight excluding hydrogens is 424 g/mol. The Morgan fingerprint density at radius 1 is 1.09 bits per heavy atom. The third-order valence-electron chi connectivity index (χ3n) is 5.24. The van der Waals surface area contributed by atoms with E-state index in [9.17, 15) is 14.4 Å². The number of fused-ring (bicyclic) bond motifs is 1. The molecule has 3 amide bonds. The number of carbonyl (C=O) groups excluding carboxylic acids is 3. The summed E-state index contributed by atoms with van der Waals surface area (Å²) in [7, 11) is 1.58. The predicted molar refractivity (Wildman–Crippen MR) is 122 cm³/mol. The Labute approximate surface area is 191 Å². The van der Waals surface area contributed by atoms with Crippen LogP contribution in [0.5, 0.6) is 5.75 Å². The number of amides is 3. The molecule has 1 saturated heterocycles. The average Bonchev–Trinajstić information content (AvgIpc) is 3.19. The number of hydrogen-bond donors (Lipinski definition) is 0. The second-order valence-electron chi connectivity index (χ2n) is 8.79. The Morgan fingerprint density at radius 2 is 1.82 bits per heavy atom. The normalized spacial score (nSPS) is 14.7.